The summed E-state index contributed by atoms with van der Waals surface area (Å²) in [6.07, 6.45) is 4.99. The third-order valence-corrected chi connectivity index (χ3v) is 10.6. The van der Waals surface area contributed by atoms with Crippen LogP contribution < -0.4 is 17.2 Å². The van der Waals surface area contributed by atoms with Crippen molar-refractivity contribution in [3.8, 4) is 0 Å². The predicted octanol–water partition coefficient (Wildman–Crippen LogP) is 2.62. The van der Waals surface area contributed by atoms with E-state index in [1.165, 1.54) is 6.92 Å². The van der Waals surface area contributed by atoms with Gasteiger partial charge in [-0.3, -0.25) is 4.79 Å². The van der Waals surface area contributed by atoms with Gasteiger partial charge in [0.1, 0.15) is 6.10 Å². The van der Waals surface area contributed by atoms with E-state index < -0.39 is 35.1 Å². The maximum absolute atomic E-state index is 12.5. The number of aliphatic carboxylic acids is 1. The third kappa shape index (κ3) is 3.96. The van der Waals surface area contributed by atoms with Crippen LogP contribution in [0.4, 0.5) is 0 Å². The van der Waals surface area contributed by atoms with Crippen molar-refractivity contribution in [1.29, 1.82) is 0 Å². The van der Waals surface area contributed by atoms with E-state index in [1.807, 2.05) is 19.9 Å². The van der Waals surface area contributed by atoms with Crippen LogP contribution in [-0.2, 0) is 14.3 Å². The lowest BCUT2D eigenvalue weighted by atomic mass is 9.39. The Morgan fingerprint density at radius 3 is 2.39 bits per heavy atom. The Labute approximate surface area is 214 Å². The van der Waals surface area contributed by atoms with Gasteiger partial charge in [-0.2, -0.15) is 0 Å². The normalized spacial score (nSPS) is 47.2. The molecule has 0 saturated heterocycles. The molecule has 0 spiro atoms. The van der Waals surface area contributed by atoms with E-state index in [1.54, 1.807) is 0 Å². The lowest BCUT2D eigenvalue weighted by molar-refractivity contribution is -0.160. The van der Waals surface area contributed by atoms with Gasteiger partial charge >= 0.3 is 11.9 Å². The van der Waals surface area contributed by atoms with Gasteiger partial charge in [0.15, 0.2) is 0 Å². The quantitative estimate of drug-likeness (QED) is 0.222. The second-order valence-electron chi connectivity index (χ2n) is 12.7. The molecule has 0 aromatic heterocycles. The second kappa shape index (κ2) is 9.22. The molecular formula is C28H45N3O5. The summed E-state index contributed by atoms with van der Waals surface area (Å²) in [5.41, 5.74) is 21.6. The van der Waals surface area contributed by atoms with Gasteiger partial charge in [-0.1, -0.05) is 25.5 Å². The number of aliphatic hydroxyl groups excluding tert-OH is 1. The number of carbonyl (C=O) groups excluding carboxylic acids is 1. The van der Waals surface area contributed by atoms with E-state index in [-0.39, 0.29) is 47.2 Å². The number of allylic oxidation sites excluding steroid dienone is 2. The molecule has 0 radical (unpaired) electrons. The highest BCUT2D eigenvalue weighted by molar-refractivity contribution is 5.88. The van der Waals surface area contributed by atoms with Crippen LogP contribution >= 0.6 is 0 Å². The molecule has 202 valence electrons. The van der Waals surface area contributed by atoms with Crippen LogP contribution in [0.25, 0.3) is 0 Å². The molecule has 0 aromatic rings. The van der Waals surface area contributed by atoms with Gasteiger partial charge < -0.3 is 32.2 Å². The van der Waals surface area contributed by atoms with E-state index in [4.69, 9.17) is 21.9 Å². The molecule has 36 heavy (non-hydrogen) atoms. The zero-order valence-electron chi connectivity index (χ0n) is 22.4. The lowest BCUT2D eigenvalue weighted by Crippen LogP contribution is -2.76. The standard InChI is InChI=1S/C28H45N3O5/c1-14(2)6-7-16(25(34)35)22-18-12-19(29)24-26(4)10-9-20(33)23(30)17(26)8-11-28(24,31)27(18,5)13-21(22)36-15(3)32/h6,17-21,23-24,33H,7-13,29-31H2,1-5H3,(H,34,35)/b22-16-/t17-,18-,19-,20+,21-,23-,24-,26-,27-,28+/m0/s1. The molecule has 0 heterocycles. The first kappa shape index (κ1) is 27.3. The fourth-order valence-corrected chi connectivity index (χ4v) is 8.96. The average molecular weight is 504 g/mol. The van der Waals surface area contributed by atoms with Crippen LogP contribution in [0, 0.1) is 28.6 Å². The minimum Gasteiger partial charge on any atom is -0.478 e. The Bertz CT molecular complexity index is 990. The predicted molar refractivity (Wildman–Crippen MR) is 138 cm³/mol. The van der Waals surface area contributed by atoms with E-state index in [2.05, 4.69) is 13.8 Å². The maximum Gasteiger partial charge on any atom is 0.331 e. The summed E-state index contributed by atoms with van der Waals surface area (Å²) in [6.45, 7) is 9.64. The number of carboxylic acids is 1. The number of nitrogens with two attached hydrogens (primary N) is 3. The first-order chi connectivity index (χ1) is 16.7. The zero-order chi connectivity index (χ0) is 26.8. The van der Waals surface area contributed by atoms with E-state index in [0.717, 1.165) is 18.4 Å². The Kier molecular flexibility index (Phi) is 6.99. The monoisotopic (exact) mass is 503 g/mol. The summed E-state index contributed by atoms with van der Waals surface area (Å²) in [5.74, 6) is -1.53. The van der Waals surface area contributed by atoms with Gasteiger partial charge in [-0.15, -0.1) is 0 Å². The van der Waals surface area contributed by atoms with Gasteiger partial charge in [0.2, 0.25) is 0 Å². The highest BCUT2D eigenvalue weighted by Crippen LogP contribution is 2.69. The molecule has 0 unspecified atom stereocenters. The zero-order valence-corrected chi connectivity index (χ0v) is 22.4. The summed E-state index contributed by atoms with van der Waals surface area (Å²) < 4.78 is 5.81. The number of fused-ring (bicyclic) bond motifs is 5. The Balaban J connectivity index is 1.85. The van der Waals surface area contributed by atoms with E-state index in [9.17, 15) is 19.8 Å². The SMILES string of the molecule is CC(=O)O[C@H]1C[C@@]2(C)[C@@H](C[C@H](N)[C@H]3[C@@]4(C)CC[C@@H](O)[C@@H](N)[C@@H]4CC[C@@]32N)/C1=C(\CC=C(C)C)C(=O)O. The molecule has 10 atom stereocenters. The smallest absolute Gasteiger partial charge is 0.331 e. The Hall–Kier alpha value is -1.74. The molecule has 4 saturated carbocycles. The number of ether oxygens (including phenoxy) is 1. The molecule has 4 aliphatic carbocycles. The van der Waals surface area contributed by atoms with Crippen molar-refractivity contribution < 1.29 is 24.5 Å². The van der Waals surface area contributed by atoms with Crippen molar-refractivity contribution in [3.63, 3.8) is 0 Å². The van der Waals surface area contributed by atoms with Crippen LogP contribution in [0.5, 0.6) is 0 Å². The van der Waals surface area contributed by atoms with Crippen molar-refractivity contribution in [2.45, 2.75) is 109 Å². The summed E-state index contributed by atoms with van der Waals surface area (Å²) in [7, 11) is 0. The summed E-state index contributed by atoms with van der Waals surface area (Å²) in [5, 5.41) is 20.8. The van der Waals surface area contributed by atoms with Crippen LogP contribution in [0.1, 0.15) is 79.6 Å². The first-order valence-electron chi connectivity index (χ1n) is 13.4. The van der Waals surface area contributed by atoms with Crippen LogP contribution in [0.3, 0.4) is 0 Å². The van der Waals surface area contributed by atoms with Gasteiger partial charge in [-0.25, -0.2) is 4.79 Å². The van der Waals surface area contributed by atoms with Crippen LogP contribution in [-0.4, -0.2) is 52.0 Å². The van der Waals surface area contributed by atoms with Crippen molar-refractivity contribution in [3.05, 3.63) is 22.8 Å². The van der Waals surface area contributed by atoms with Gasteiger partial charge in [-0.05, 0) is 93.0 Å². The highest BCUT2D eigenvalue weighted by atomic mass is 16.5. The third-order valence-electron chi connectivity index (χ3n) is 10.6. The van der Waals surface area contributed by atoms with Crippen molar-refractivity contribution in [1.82, 2.24) is 0 Å². The molecule has 4 rings (SSSR count). The van der Waals surface area contributed by atoms with Crippen molar-refractivity contribution in [2.24, 2.45) is 45.8 Å². The topological polar surface area (TPSA) is 162 Å². The van der Waals surface area contributed by atoms with Crippen molar-refractivity contribution in [2.75, 3.05) is 0 Å². The summed E-state index contributed by atoms with van der Waals surface area (Å²) in [4.78, 5) is 24.7. The minimum absolute atomic E-state index is 0.0352. The minimum atomic E-state index is -0.992. The number of carboxylic acid groups (broad SMARTS) is 1. The van der Waals surface area contributed by atoms with Gasteiger partial charge in [0.25, 0.3) is 0 Å². The molecule has 4 aliphatic rings. The van der Waals surface area contributed by atoms with Gasteiger partial charge in [0, 0.05) is 30.1 Å². The fourth-order valence-electron chi connectivity index (χ4n) is 8.96. The fraction of sp³-hybridized carbons (Fsp3) is 0.786. The van der Waals surface area contributed by atoms with E-state index in [0.29, 0.717) is 31.3 Å². The molecular weight excluding hydrogens is 458 g/mol. The Morgan fingerprint density at radius 1 is 1.14 bits per heavy atom. The maximum atomic E-state index is 12.5. The molecule has 4 fully saturated rings. The molecule has 8 N–H and O–H groups in total. The highest BCUT2D eigenvalue weighted by Gasteiger charge is 2.71. The number of carbonyl (C=O) groups is 2. The van der Waals surface area contributed by atoms with Crippen LogP contribution in [0.2, 0.25) is 0 Å². The number of esters is 1. The molecule has 0 aromatic carbocycles. The molecule has 8 heteroatoms. The largest absolute Gasteiger partial charge is 0.478 e. The summed E-state index contributed by atoms with van der Waals surface area (Å²) in [6, 6.07) is -0.561. The molecule has 0 aliphatic heterocycles. The van der Waals surface area contributed by atoms with Crippen LogP contribution in [0.15, 0.2) is 22.8 Å². The molecule has 8 nitrogen and oxygen atoms in total. The molecule has 0 amide bonds. The number of aliphatic hydroxyl groups is 1. The number of hydrogen-bond donors (Lipinski definition) is 5. The Morgan fingerprint density at radius 2 is 1.81 bits per heavy atom. The van der Waals surface area contributed by atoms with Gasteiger partial charge in [0.05, 0.1) is 6.10 Å². The second-order valence-corrected chi connectivity index (χ2v) is 12.7. The average Bonchev–Trinajstić information content (AvgIpc) is 3.03. The first-order valence-corrected chi connectivity index (χ1v) is 13.4. The number of hydrogen-bond acceptors (Lipinski definition) is 7. The van der Waals surface area contributed by atoms with E-state index >= 15 is 0 Å². The van der Waals surface area contributed by atoms with Crippen molar-refractivity contribution >= 4 is 11.9 Å². The lowest BCUT2D eigenvalue weighted by Gasteiger charge is -2.68. The molecule has 0 bridgehead atoms. The summed E-state index contributed by atoms with van der Waals surface area (Å²) >= 11 is 0. The number of rotatable bonds is 4.